The number of esters is 1. The summed E-state index contributed by atoms with van der Waals surface area (Å²) in [5.74, 6) is 0.142. The molecule has 0 saturated heterocycles. The molecule has 0 unspecified atom stereocenters. The fourth-order valence-electron chi connectivity index (χ4n) is 2.92. The maximum absolute atomic E-state index is 12.3. The van der Waals surface area contributed by atoms with Gasteiger partial charge in [0.05, 0.1) is 13.2 Å². The van der Waals surface area contributed by atoms with Crippen LogP contribution in [0.4, 0.5) is 14.6 Å². The predicted octanol–water partition coefficient (Wildman–Crippen LogP) is 3.35. The number of alkyl halides is 2. The fraction of sp³-hybridized carbons (Fsp3) is 0.353. The first-order chi connectivity index (χ1) is 12.1. The van der Waals surface area contributed by atoms with Crippen LogP contribution >= 0.6 is 0 Å². The van der Waals surface area contributed by atoms with Gasteiger partial charge in [-0.05, 0) is 54.7 Å². The SMILES string of the molecule is COC(=O)c1ccc(N[C@@H]2CCCc3cc(OC(F)F)ccc32)nn1. The number of halogens is 2. The molecule has 1 aliphatic rings. The first-order valence-corrected chi connectivity index (χ1v) is 7.83. The largest absolute Gasteiger partial charge is 0.464 e. The minimum Gasteiger partial charge on any atom is -0.464 e. The van der Waals surface area contributed by atoms with Crippen LogP contribution in [0.25, 0.3) is 0 Å². The van der Waals surface area contributed by atoms with Crippen molar-refractivity contribution in [2.75, 3.05) is 12.4 Å². The smallest absolute Gasteiger partial charge is 0.387 e. The zero-order valence-corrected chi connectivity index (χ0v) is 13.5. The number of nitrogens with zero attached hydrogens (tertiary/aromatic N) is 2. The van der Waals surface area contributed by atoms with Crippen molar-refractivity contribution in [3.8, 4) is 5.75 Å². The molecule has 2 aromatic rings. The number of rotatable bonds is 5. The number of methoxy groups -OCH3 is 1. The standard InChI is InChI=1S/C17H17F2N3O3/c1-24-16(23)14-7-8-15(22-21-14)20-13-4-2-3-10-9-11(25-17(18)19)5-6-12(10)13/h5-9,13,17H,2-4H2,1H3,(H,20,22)/t13-/m1/s1. The summed E-state index contributed by atoms with van der Waals surface area (Å²) in [5.41, 5.74) is 2.12. The summed E-state index contributed by atoms with van der Waals surface area (Å²) in [6.45, 7) is -2.83. The van der Waals surface area contributed by atoms with E-state index in [1.165, 1.54) is 19.2 Å². The summed E-state index contributed by atoms with van der Waals surface area (Å²) < 4.78 is 33.7. The van der Waals surface area contributed by atoms with Gasteiger partial charge in [0.1, 0.15) is 11.6 Å². The quantitative estimate of drug-likeness (QED) is 0.835. The molecule has 1 N–H and O–H groups in total. The van der Waals surface area contributed by atoms with Crippen molar-refractivity contribution in [3.05, 3.63) is 47.2 Å². The number of hydrogen-bond acceptors (Lipinski definition) is 6. The molecular formula is C17H17F2N3O3. The van der Waals surface area contributed by atoms with Gasteiger partial charge in [0.2, 0.25) is 0 Å². The second kappa shape index (κ2) is 7.42. The monoisotopic (exact) mass is 349 g/mol. The van der Waals surface area contributed by atoms with Crippen molar-refractivity contribution in [1.82, 2.24) is 10.2 Å². The van der Waals surface area contributed by atoms with Gasteiger partial charge in [-0.2, -0.15) is 8.78 Å². The Hall–Kier alpha value is -2.77. The Balaban J connectivity index is 1.75. The van der Waals surface area contributed by atoms with E-state index >= 15 is 0 Å². The first kappa shape index (κ1) is 17.1. The van der Waals surface area contributed by atoms with Crippen molar-refractivity contribution in [1.29, 1.82) is 0 Å². The van der Waals surface area contributed by atoms with E-state index in [-0.39, 0.29) is 17.5 Å². The van der Waals surface area contributed by atoms with Gasteiger partial charge in [-0.1, -0.05) is 6.07 Å². The molecule has 0 saturated carbocycles. The lowest BCUT2D eigenvalue weighted by atomic mass is 9.87. The normalized spacial score (nSPS) is 16.2. The van der Waals surface area contributed by atoms with Crippen LogP contribution in [0.1, 0.15) is 40.5 Å². The Labute approximate surface area is 143 Å². The van der Waals surface area contributed by atoms with E-state index in [0.29, 0.717) is 5.82 Å². The summed E-state index contributed by atoms with van der Waals surface area (Å²) >= 11 is 0. The second-order valence-electron chi connectivity index (χ2n) is 5.62. The Morgan fingerprint density at radius 1 is 1.28 bits per heavy atom. The molecule has 0 spiro atoms. The molecule has 0 aliphatic heterocycles. The lowest BCUT2D eigenvalue weighted by molar-refractivity contribution is -0.0499. The highest BCUT2D eigenvalue weighted by molar-refractivity contribution is 5.86. The minimum absolute atomic E-state index is 0.0115. The summed E-state index contributed by atoms with van der Waals surface area (Å²) in [5, 5.41) is 11.1. The molecule has 132 valence electrons. The Bertz CT molecular complexity index is 753. The fourth-order valence-corrected chi connectivity index (χ4v) is 2.92. The number of aromatic nitrogens is 2. The highest BCUT2D eigenvalue weighted by Gasteiger charge is 2.22. The number of fused-ring (bicyclic) bond motifs is 1. The van der Waals surface area contributed by atoms with Crippen LogP contribution < -0.4 is 10.1 Å². The van der Waals surface area contributed by atoms with Gasteiger partial charge in [-0.3, -0.25) is 0 Å². The second-order valence-corrected chi connectivity index (χ2v) is 5.62. The van der Waals surface area contributed by atoms with Crippen molar-refractivity contribution in [3.63, 3.8) is 0 Å². The number of ether oxygens (including phenoxy) is 2. The summed E-state index contributed by atoms with van der Waals surface area (Å²) in [6.07, 6.45) is 2.60. The Morgan fingerprint density at radius 2 is 2.12 bits per heavy atom. The van der Waals surface area contributed by atoms with Crippen LogP contribution in [0, 0.1) is 0 Å². The number of anilines is 1. The molecule has 25 heavy (non-hydrogen) atoms. The first-order valence-electron chi connectivity index (χ1n) is 7.83. The number of carbonyl (C=O) groups is 1. The van der Waals surface area contributed by atoms with E-state index < -0.39 is 12.6 Å². The number of hydrogen-bond donors (Lipinski definition) is 1. The lowest BCUT2D eigenvalue weighted by Crippen LogP contribution is -2.19. The molecule has 0 amide bonds. The molecule has 1 heterocycles. The molecule has 1 aromatic carbocycles. The van der Waals surface area contributed by atoms with Crippen LogP contribution in [0.5, 0.6) is 5.75 Å². The number of benzene rings is 1. The number of carbonyl (C=O) groups excluding carboxylic acids is 1. The van der Waals surface area contributed by atoms with E-state index in [4.69, 9.17) is 0 Å². The average molecular weight is 349 g/mol. The third-order valence-corrected chi connectivity index (χ3v) is 4.04. The third-order valence-electron chi connectivity index (χ3n) is 4.04. The van der Waals surface area contributed by atoms with Gasteiger partial charge in [0, 0.05) is 0 Å². The number of nitrogens with one attached hydrogen (secondary N) is 1. The topological polar surface area (TPSA) is 73.3 Å². The molecular weight excluding hydrogens is 332 g/mol. The molecule has 0 fully saturated rings. The van der Waals surface area contributed by atoms with E-state index in [0.717, 1.165) is 30.4 Å². The third kappa shape index (κ3) is 4.01. The average Bonchev–Trinajstić information content (AvgIpc) is 2.61. The van der Waals surface area contributed by atoms with Gasteiger partial charge in [-0.25, -0.2) is 4.79 Å². The van der Waals surface area contributed by atoms with Crippen LogP contribution in [-0.2, 0) is 11.2 Å². The highest BCUT2D eigenvalue weighted by Crippen LogP contribution is 2.34. The highest BCUT2D eigenvalue weighted by atomic mass is 19.3. The zero-order valence-electron chi connectivity index (χ0n) is 13.5. The predicted molar refractivity (Wildman–Crippen MR) is 85.7 cm³/mol. The van der Waals surface area contributed by atoms with E-state index in [1.807, 2.05) is 0 Å². The lowest BCUT2D eigenvalue weighted by Gasteiger charge is -2.27. The van der Waals surface area contributed by atoms with Crippen molar-refractivity contribution >= 4 is 11.8 Å². The van der Waals surface area contributed by atoms with E-state index in [1.54, 1.807) is 18.2 Å². The van der Waals surface area contributed by atoms with Crippen LogP contribution in [0.3, 0.4) is 0 Å². The van der Waals surface area contributed by atoms with Crippen LogP contribution in [-0.4, -0.2) is 29.9 Å². The zero-order chi connectivity index (χ0) is 17.8. The van der Waals surface area contributed by atoms with Crippen LogP contribution in [0.15, 0.2) is 30.3 Å². The van der Waals surface area contributed by atoms with Crippen molar-refractivity contribution < 1.29 is 23.0 Å². The molecule has 1 atom stereocenters. The molecule has 3 rings (SSSR count). The summed E-state index contributed by atoms with van der Waals surface area (Å²) in [6, 6.07) is 8.16. The van der Waals surface area contributed by atoms with Crippen molar-refractivity contribution in [2.45, 2.75) is 31.9 Å². The molecule has 8 heteroatoms. The van der Waals surface area contributed by atoms with E-state index in [2.05, 4.69) is 25.0 Å². The molecule has 6 nitrogen and oxygen atoms in total. The Kier molecular flexibility index (Phi) is 5.06. The number of aryl methyl sites for hydroxylation is 1. The maximum Gasteiger partial charge on any atom is 0.387 e. The van der Waals surface area contributed by atoms with Gasteiger partial charge in [0.15, 0.2) is 5.69 Å². The van der Waals surface area contributed by atoms with Gasteiger partial charge in [0.25, 0.3) is 0 Å². The van der Waals surface area contributed by atoms with Gasteiger partial charge in [-0.15, -0.1) is 10.2 Å². The van der Waals surface area contributed by atoms with Crippen LogP contribution in [0.2, 0.25) is 0 Å². The molecule has 1 aliphatic carbocycles. The summed E-state index contributed by atoms with van der Waals surface area (Å²) in [7, 11) is 1.28. The van der Waals surface area contributed by atoms with Gasteiger partial charge >= 0.3 is 12.6 Å². The molecule has 1 aromatic heterocycles. The van der Waals surface area contributed by atoms with Crippen molar-refractivity contribution in [2.24, 2.45) is 0 Å². The molecule has 0 bridgehead atoms. The Morgan fingerprint density at radius 3 is 2.80 bits per heavy atom. The maximum atomic E-state index is 12.3. The molecule has 0 radical (unpaired) electrons. The minimum atomic E-state index is -2.83. The summed E-state index contributed by atoms with van der Waals surface area (Å²) in [4.78, 5) is 11.4. The van der Waals surface area contributed by atoms with Gasteiger partial charge < -0.3 is 14.8 Å². The van der Waals surface area contributed by atoms with E-state index in [9.17, 15) is 13.6 Å².